The van der Waals surface area contributed by atoms with Crippen LogP contribution in [0.25, 0.3) is 16.9 Å². The number of nitrogens with zero attached hydrogens (tertiary/aromatic N) is 4. The predicted molar refractivity (Wildman–Crippen MR) is 168 cm³/mol. The number of carbonyl (C=O) groups excluding carboxylic acids is 3. The van der Waals surface area contributed by atoms with E-state index in [1.807, 2.05) is 87.5 Å². The van der Waals surface area contributed by atoms with Gasteiger partial charge in [0, 0.05) is 56.4 Å². The van der Waals surface area contributed by atoms with E-state index in [0.717, 1.165) is 22.6 Å². The molecule has 1 saturated heterocycles. The molecule has 0 unspecified atom stereocenters. The van der Waals surface area contributed by atoms with E-state index in [-0.39, 0.29) is 69.5 Å². The number of carbonyl (C=O) groups is 4. The van der Waals surface area contributed by atoms with Crippen molar-refractivity contribution in [2.45, 2.75) is 59.0 Å². The smallest absolute Gasteiger partial charge is 0.407 e. The number of carboxylic acid groups (broad SMARTS) is 1. The number of benzene rings is 2. The van der Waals surface area contributed by atoms with Gasteiger partial charge in [0.05, 0.1) is 23.9 Å². The van der Waals surface area contributed by atoms with E-state index in [4.69, 9.17) is 4.74 Å². The minimum Gasteiger partial charge on any atom is -0.466 e. The van der Waals surface area contributed by atoms with Crippen LogP contribution in [0.15, 0.2) is 66.7 Å². The highest BCUT2D eigenvalue weighted by atomic mass is 16.5. The quantitative estimate of drug-likeness (QED) is 0.301. The van der Waals surface area contributed by atoms with E-state index in [2.05, 4.69) is 4.57 Å². The molecule has 4 rings (SSSR count). The van der Waals surface area contributed by atoms with Crippen molar-refractivity contribution in [3.05, 3.63) is 78.0 Å². The summed E-state index contributed by atoms with van der Waals surface area (Å²) in [6, 6.07) is 20.7. The zero-order valence-corrected chi connectivity index (χ0v) is 25.9. The lowest BCUT2D eigenvalue weighted by molar-refractivity contribution is -0.143. The third kappa shape index (κ3) is 7.48. The molecule has 0 radical (unpaired) electrons. The molecule has 1 aliphatic heterocycles. The van der Waals surface area contributed by atoms with Crippen LogP contribution in [0.3, 0.4) is 0 Å². The molecule has 2 heterocycles. The van der Waals surface area contributed by atoms with Crippen LogP contribution >= 0.6 is 0 Å². The van der Waals surface area contributed by atoms with Gasteiger partial charge in [-0.1, -0.05) is 48.5 Å². The average molecular weight is 603 g/mol. The van der Waals surface area contributed by atoms with Crippen LogP contribution in [0, 0.1) is 6.92 Å². The zero-order chi connectivity index (χ0) is 31.8. The van der Waals surface area contributed by atoms with E-state index < -0.39 is 12.1 Å². The molecule has 44 heavy (non-hydrogen) atoms. The molecule has 0 saturated carbocycles. The summed E-state index contributed by atoms with van der Waals surface area (Å²) in [4.78, 5) is 56.3. The van der Waals surface area contributed by atoms with Gasteiger partial charge in [0.25, 0.3) is 5.91 Å². The molecule has 1 atom stereocenters. The Kier molecular flexibility index (Phi) is 10.8. The zero-order valence-electron chi connectivity index (χ0n) is 25.9. The third-order valence-electron chi connectivity index (χ3n) is 7.92. The molecule has 0 spiro atoms. The summed E-state index contributed by atoms with van der Waals surface area (Å²) in [5.41, 5.74) is 3.97. The number of para-hydroxylation sites is 1. The highest BCUT2D eigenvalue weighted by molar-refractivity contribution is 6.01. The first kappa shape index (κ1) is 32.3. The van der Waals surface area contributed by atoms with E-state index in [1.54, 1.807) is 16.7 Å². The maximum atomic E-state index is 14.5. The second-order valence-corrected chi connectivity index (χ2v) is 11.3. The fourth-order valence-corrected chi connectivity index (χ4v) is 5.79. The van der Waals surface area contributed by atoms with Crippen LogP contribution in [0.1, 0.15) is 56.1 Å². The normalized spacial score (nSPS) is 14.9. The van der Waals surface area contributed by atoms with Crippen LogP contribution < -0.4 is 0 Å². The average Bonchev–Trinajstić information content (AvgIpc) is 3.37. The first-order valence-corrected chi connectivity index (χ1v) is 15.2. The van der Waals surface area contributed by atoms with Crippen LogP contribution in [-0.4, -0.2) is 93.1 Å². The Morgan fingerprint density at radius 1 is 0.977 bits per heavy atom. The second-order valence-electron chi connectivity index (χ2n) is 11.3. The molecule has 1 fully saturated rings. The Balaban J connectivity index is 1.67. The number of rotatable bonds is 11. The number of aryl methyl sites for hydroxylation is 1. The molecule has 1 aromatic heterocycles. The van der Waals surface area contributed by atoms with Gasteiger partial charge in [0.2, 0.25) is 5.91 Å². The Hall–Kier alpha value is -4.60. The summed E-state index contributed by atoms with van der Waals surface area (Å²) >= 11 is 0. The lowest BCUT2D eigenvalue weighted by Crippen LogP contribution is -2.60. The molecule has 1 aliphatic rings. The van der Waals surface area contributed by atoms with Crippen LogP contribution in [0.5, 0.6) is 0 Å². The molecular weight excluding hydrogens is 560 g/mol. The minimum atomic E-state index is -1.06. The first-order valence-electron chi connectivity index (χ1n) is 15.2. The van der Waals surface area contributed by atoms with Gasteiger partial charge in [-0.15, -0.1) is 0 Å². The molecule has 2 aromatic carbocycles. The Morgan fingerprint density at radius 3 is 2.25 bits per heavy atom. The van der Waals surface area contributed by atoms with Gasteiger partial charge < -0.3 is 29.1 Å². The molecule has 3 aromatic rings. The van der Waals surface area contributed by atoms with Crippen LogP contribution in [0.2, 0.25) is 0 Å². The number of esters is 1. The van der Waals surface area contributed by atoms with Gasteiger partial charge in [0.15, 0.2) is 0 Å². The van der Waals surface area contributed by atoms with Crippen molar-refractivity contribution in [3.8, 4) is 16.9 Å². The largest absolute Gasteiger partial charge is 0.466 e. The van der Waals surface area contributed by atoms with Gasteiger partial charge in [-0.2, -0.15) is 0 Å². The predicted octanol–water partition coefficient (Wildman–Crippen LogP) is 5.23. The number of amides is 3. The summed E-state index contributed by atoms with van der Waals surface area (Å²) in [5.74, 6) is -0.708. The van der Waals surface area contributed by atoms with Crippen molar-refractivity contribution >= 4 is 23.9 Å². The van der Waals surface area contributed by atoms with Crippen molar-refractivity contribution in [3.63, 3.8) is 0 Å². The lowest BCUT2D eigenvalue weighted by atomic mass is 10.0. The Morgan fingerprint density at radius 2 is 1.64 bits per heavy atom. The van der Waals surface area contributed by atoms with E-state index >= 15 is 0 Å². The maximum absolute atomic E-state index is 14.5. The van der Waals surface area contributed by atoms with Crippen molar-refractivity contribution in [2.24, 2.45) is 0 Å². The molecule has 10 heteroatoms. The summed E-state index contributed by atoms with van der Waals surface area (Å²) < 4.78 is 7.05. The second kappa shape index (κ2) is 14.7. The van der Waals surface area contributed by atoms with Crippen molar-refractivity contribution in [1.29, 1.82) is 0 Å². The number of aromatic nitrogens is 1. The summed E-state index contributed by atoms with van der Waals surface area (Å²) in [6.07, 6.45) is -0.415. The number of piperazine rings is 1. The first-order chi connectivity index (χ1) is 21.1. The van der Waals surface area contributed by atoms with E-state index in [0.29, 0.717) is 12.0 Å². The highest BCUT2D eigenvalue weighted by Crippen LogP contribution is 2.32. The van der Waals surface area contributed by atoms with Gasteiger partial charge in [-0.25, -0.2) is 4.79 Å². The Labute approximate surface area is 258 Å². The van der Waals surface area contributed by atoms with Crippen LogP contribution in [-0.2, 0) is 14.3 Å². The monoisotopic (exact) mass is 602 g/mol. The maximum Gasteiger partial charge on any atom is 0.407 e. The van der Waals surface area contributed by atoms with E-state index in [1.165, 1.54) is 4.90 Å². The number of ether oxygens (including phenoxy) is 1. The molecule has 3 amide bonds. The van der Waals surface area contributed by atoms with Gasteiger partial charge in [-0.05, 0) is 57.9 Å². The molecular formula is C34H42N4O6. The molecule has 0 bridgehead atoms. The van der Waals surface area contributed by atoms with Crippen molar-refractivity contribution in [1.82, 2.24) is 19.3 Å². The van der Waals surface area contributed by atoms with E-state index in [9.17, 15) is 24.3 Å². The topological polar surface area (TPSA) is 112 Å². The SMILES string of the molecule is CCOC(=O)CCCC(=O)N(C[C@@H]1CN(C(=O)O)CCN1C(=O)c1cc(C)n(-c2ccccc2)c1-c1ccccc1)C(C)C. The minimum absolute atomic E-state index is 0.0828. The van der Waals surface area contributed by atoms with Crippen molar-refractivity contribution in [2.75, 3.05) is 32.8 Å². The molecule has 10 nitrogen and oxygen atoms in total. The molecule has 234 valence electrons. The molecule has 1 N–H and O–H groups in total. The third-order valence-corrected chi connectivity index (χ3v) is 7.92. The van der Waals surface area contributed by atoms with Gasteiger partial charge in [0.1, 0.15) is 0 Å². The fourth-order valence-electron chi connectivity index (χ4n) is 5.79. The fraction of sp³-hybridized carbons (Fsp3) is 0.412. The number of hydrogen-bond acceptors (Lipinski definition) is 5. The standard InChI is InChI=1S/C34H42N4O6/c1-5-44-31(40)18-12-17-30(39)37(24(2)3)23-28-22-35(34(42)43)19-20-36(28)33(41)29-21-25(4)38(27-15-10-7-11-16-27)32(29)26-13-8-6-9-14-26/h6-11,13-16,21,24,28H,5,12,17-20,22-23H2,1-4H3,(H,42,43)/t28-/m0/s1. The van der Waals surface area contributed by atoms with Crippen molar-refractivity contribution < 1.29 is 29.0 Å². The van der Waals surface area contributed by atoms with Gasteiger partial charge in [-0.3, -0.25) is 14.4 Å². The van der Waals surface area contributed by atoms with Gasteiger partial charge >= 0.3 is 12.1 Å². The highest BCUT2D eigenvalue weighted by Gasteiger charge is 2.37. The molecule has 0 aliphatic carbocycles. The summed E-state index contributed by atoms with van der Waals surface area (Å²) in [7, 11) is 0. The lowest BCUT2D eigenvalue weighted by Gasteiger charge is -2.43. The van der Waals surface area contributed by atoms with Crippen LogP contribution in [0.4, 0.5) is 4.79 Å². The Bertz CT molecular complexity index is 1450. The number of hydrogen-bond donors (Lipinski definition) is 1. The summed E-state index contributed by atoms with van der Waals surface area (Å²) in [6.45, 7) is 8.40. The summed E-state index contributed by atoms with van der Waals surface area (Å²) in [5, 5.41) is 9.82.